The maximum absolute atomic E-state index is 11.8. The molecule has 0 amide bonds. The zero-order chi connectivity index (χ0) is 22.4. The minimum absolute atomic E-state index is 0.139. The van der Waals surface area contributed by atoms with Gasteiger partial charge in [0.25, 0.3) is 5.69 Å². The van der Waals surface area contributed by atoms with Crippen LogP contribution in [0.25, 0.3) is 0 Å². The van der Waals surface area contributed by atoms with Gasteiger partial charge in [-0.3, -0.25) is 24.6 Å². The molecule has 0 saturated heterocycles. The van der Waals surface area contributed by atoms with Crippen LogP contribution >= 0.6 is 0 Å². The molecule has 30 heavy (non-hydrogen) atoms. The van der Waals surface area contributed by atoms with Gasteiger partial charge in [-0.05, 0) is 31.9 Å². The molecule has 0 heterocycles. The van der Waals surface area contributed by atoms with E-state index in [2.05, 4.69) is 0 Å². The van der Waals surface area contributed by atoms with Crippen molar-refractivity contribution in [1.29, 1.82) is 0 Å². The van der Waals surface area contributed by atoms with Crippen LogP contribution in [0.5, 0.6) is 0 Å². The second-order valence-corrected chi connectivity index (χ2v) is 7.31. The number of non-ortho nitro benzene ring substituents is 1. The predicted molar refractivity (Wildman–Crippen MR) is 106 cm³/mol. The molecule has 1 aromatic carbocycles. The molecule has 1 aromatic rings. The highest BCUT2D eigenvalue weighted by molar-refractivity contribution is 5.78. The number of carboxylic acids is 3. The average molecular weight is 423 g/mol. The Kier molecular flexibility index (Phi) is 7.70. The van der Waals surface area contributed by atoms with E-state index in [1.807, 2.05) is 0 Å². The second kappa shape index (κ2) is 10.0. The minimum Gasteiger partial charge on any atom is -0.480 e. The van der Waals surface area contributed by atoms with Crippen LogP contribution in [0.2, 0.25) is 0 Å². The van der Waals surface area contributed by atoms with Crippen molar-refractivity contribution >= 4 is 29.3 Å². The molecule has 0 bridgehead atoms. The number of rotatable bonds is 10. The lowest BCUT2D eigenvalue weighted by Crippen LogP contribution is -2.59. The zero-order valence-corrected chi connectivity index (χ0v) is 16.5. The molecule has 164 valence electrons. The Morgan fingerprint density at radius 3 is 1.97 bits per heavy atom. The largest absolute Gasteiger partial charge is 0.480 e. The third kappa shape index (κ3) is 5.66. The maximum atomic E-state index is 11.8. The van der Waals surface area contributed by atoms with Gasteiger partial charge in [0, 0.05) is 29.9 Å². The predicted octanol–water partition coefficient (Wildman–Crippen LogP) is 1.66. The number of nitro groups is 1. The van der Waals surface area contributed by atoms with E-state index in [9.17, 15) is 39.8 Å². The summed E-state index contributed by atoms with van der Waals surface area (Å²) in [5.41, 5.74) is 0.304. The maximum Gasteiger partial charge on any atom is 0.326 e. The standard InChI is InChI=1S/C19H25N3O8/c1-12(19(27)28)21(13-6-8-14(9-7-13)22(29)30)16-5-3-2-4-15(16)20(10-17(23)24)11-18(25)26/h6-9,12,15-16H,2-5,10-11H2,1H3,(H,23,24)(H,25,26)(H,27,28)/t12-,15+,16+/m0/s1. The first-order valence-electron chi connectivity index (χ1n) is 9.55. The Balaban J connectivity index is 2.46. The lowest BCUT2D eigenvalue weighted by Gasteiger charge is -2.46. The Morgan fingerprint density at radius 1 is 1.03 bits per heavy atom. The Bertz CT molecular complexity index is 781. The summed E-state index contributed by atoms with van der Waals surface area (Å²) in [4.78, 5) is 47.8. The summed E-state index contributed by atoms with van der Waals surface area (Å²) in [5, 5.41) is 39.1. The van der Waals surface area contributed by atoms with Gasteiger partial charge in [0.15, 0.2) is 0 Å². The van der Waals surface area contributed by atoms with E-state index in [4.69, 9.17) is 0 Å². The van der Waals surface area contributed by atoms with Gasteiger partial charge in [0.1, 0.15) is 6.04 Å². The fraction of sp³-hybridized carbons (Fsp3) is 0.526. The van der Waals surface area contributed by atoms with Gasteiger partial charge in [-0.1, -0.05) is 12.8 Å². The van der Waals surface area contributed by atoms with E-state index in [1.165, 1.54) is 36.1 Å². The molecule has 1 aliphatic rings. The van der Waals surface area contributed by atoms with Gasteiger partial charge in [-0.2, -0.15) is 0 Å². The van der Waals surface area contributed by atoms with Crippen LogP contribution in [0, 0.1) is 10.1 Å². The topological polar surface area (TPSA) is 162 Å². The van der Waals surface area contributed by atoms with Gasteiger partial charge < -0.3 is 20.2 Å². The van der Waals surface area contributed by atoms with E-state index in [1.54, 1.807) is 4.90 Å². The van der Waals surface area contributed by atoms with Crippen LogP contribution in [0.1, 0.15) is 32.6 Å². The molecule has 1 fully saturated rings. The van der Waals surface area contributed by atoms with Crippen molar-refractivity contribution < 1.29 is 34.6 Å². The summed E-state index contributed by atoms with van der Waals surface area (Å²) >= 11 is 0. The first kappa shape index (κ1) is 23.1. The number of nitro benzene ring substituents is 1. The smallest absolute Gasteiger partial charge is 0.326 e. The first-order chi connectivity index (χ1) is 14.1. The number of carbonyl (C=O) groups is 3. The molecule has 1 aliphatic carbocycles. The fourth-order valence-electron chi connectivity index (χ4n) is 4.05. The van der Waals surface area contributed by atoms with Crippen LogP contribution in [-0.2, 0) is 14.4 Å². The second-order valence-electron chi connectivity index (χ2n) is 7.31. The molecule has 0 spiro atoms. The summed E-state index contributed by atoms with van der Waals surface area (Å²) < 4.78 is 0. The monoisotopic (exact) mass is 423 g/mol. The molecule has 3 N–H and O–H groups in total. The Labute approximate surface area is 172 Å². The number of hydrogen-bond acceptors (Lipinski definition) is 7. The van der Waals surface area contributed by atoms with Crippen LogP contribution in [-0.4, -0.2) is 74.3 Å². The minimum atomic E-state index is -1.17. The van der Waals surface area contributed by atoms with E-state index in [0.29, 0.717) is 18.5 Å². The van der Waals surface area contributed by atoms with Crippen molar-refractivity contribution in [1.82, 2.24) is 4.90 Å². The molecule has 0 radical (unpaired) electrons. The number of carboxylic acid groups (broad SMARTS) is 3. The normalized spacial score (nSPS) is 19.8. The lowest BCUT2D eigenvalue weighted by molar-refractivity contribution is -0.384. The molecule has 0 aromatic heterocycles. The highest BCUT2D eigenvalue weighted by Gasteiger charge is 2.39. The third-order valence-electron chi connectivity index (χ3n) is 5.33. The molecular formula is C19H25N3O8. The quantitative estimate of drug-likeness (QED) is 0.373. The van der Waals surface area contributed by atoms with Crippen molar-refractivity contribution in [3.8, 4) is 0 Å². The van der Waals surface area contributed by atoms with Gasteiger partial charge in [-0.15, -0.1) is 0 Å². The molecule has 11 nitrogen and oxygen atoms in total. The van der Waals surface area contributed by atoms with E-state index >= 15 is 0 Å². The lowest BCUT2D eigenvalue weighted by atomic mass is 9.86. The number of aliphatic carboxylic acids is 3. The summed E-state index contributed by atoms with van der Waals surface area (Å²) in [6.45, 7) is 0.514. The number of benzene rings is 1. The highest BCUT2D eigenvalue weighted by atomic mass is 16.6. The molecule has 2 rings (SSSR count). The van der Waals surface area contributed by atoms with Crippen LogP contribution in [0.3, 0.4) is 0 Å². The zero-order valence-electron chi connectivity index (χ0n) is 16.5. The summed E-state index contributed by atoms with van der Waals surface area (Å²) in [5.74, 6) is -3.46. The van der Waals surface area contributed by atoms with Gasteiger partial charge >= 0.3 is 17.9 Å². The van der Waals surface area contributed by atoms with Crippen LogP contribution in [0.15, 0.2) is 24.3 Å². The van der Waals surface area contributed by atoms with E-state index in [-0.39, 0.29) is 5.69 Å². The van der Waals surface area contributed by atoms with Gasteiger partial charge in [0.2, 0.25) is 0 Å². The molecule has 11 heteroatoms. The fourth-order valence-corrected chi connectivity index (χ4v) is 4.05. The number of anilines is 1. The third-order valence-corrected chi connectivity index (χ3v) is 5.33. The summed E-state index contributed by atoms with van der Waals surface area (Å²) in [7, 11) is 0. The molecule has 1 saturated carbocycles. The van der Waals surface area contributed by atoms with Gasteiger partial charge in [0.05, 0.1) is 18.0 Å². The van der Waals surface area contributed by atoms with Crippen LogP contribution < -0.4 is 4.90 Å². The average Bonchev–Trinajstić information content (AvgIpc) is 2.67. The van der Waals surface area contributed by atoms with Crippen molar-refractivity contribution in [2.24, 2.45) is 0 Å². The first-order valence-corrected chi connectivity index (χ1v) is 9.55. The molecule has 0 unspecified atom stereocenters. The van der Waals surface area contributed by atoms with Crippen molar-refractivity contribution in [2.45, 2.75) is 50.7 Å². The highest BCUT2D eigenvalue weighted by Crippen LogP contribution is 2.33. The van der Waals surface area contributed by atoms with Gasteiger partial charge in [-0.25, -0.2) is 4.79 Å². The number of nitrogens with zero attached hydrogens (tertiary/aromatic N) is 3. The molecule has 0 aliphatic heterocycles. The summed E-state index contributed by atoms with van der Waals surface area (Å²) in [6, 6.07) is 3.51. The summed E-state index contributed by atoms with van der Waals surface area (Å²) in [6.07, 6.45) is 2.58. The van der Waals surface area contributed by atoms with E-state index in [0.717, 1.165) is 12.8 Å². The van der Waals surface area contributed by atoms with Crippen molar-refractivity contribution in [2.75, 3.05) is 18.0 Å². The van der Waals surface area contributed by atoms with Crippen molar-refractivity contribution in [3.05, 3.63) is 34.4 Å². The Hall–Kier alpha value is -3.21. The molecule has 3 atom stereocenters. The Morgan fingerprint density at radius 2 is 1.53 bits per heavy atom. The SMILES string of the molecule is C[C@@H](C(=O)O)N(c1ccc([N+](=O)[O-])cc1)[C@@H]1CCCC[C@H]1N(CC(=O)O)CC(=O)O. The molecular weight excluding hydrogens is 398 g/mol. The van der Waals surface area contributed by atoms with Crippen molar-refractivity contribution in [3.63, 3.8) is 0 Å². The van der Waals surface area contributed by atoms with Crippen LogP contribution in [0.4, 0.5) is 11.4 Å². The van der Waals surface area contributed by atoms with E-state index < -0.39 is 54.0 Å². The number of hydrogen-bond donors (Lipinski definition) is 3.